The molecule has 0 bridgehead atoms. The van der Waals surface area contributed by atoms with E-state index in [2.05, 4.69) is 10.1 Å². The maximum absolute atomic E-state index is 13.8. The number of aliphatic hydroxyl groups excluding tert-OH is 1. The van der Waals surface area contributed by atoms with Gasteiger partial charge in [-0.3, -0.25) is 0 Å². The van der Waals surface area contributed by atoms with Crippen LogP contribution in [0.1, 0.15) is 15.4 Å². The van der Waals surface area contributed by atoms with E-state index >= 15 is 0 Å². The summed E-state index contributed by atoms with van der Waals surface area (Å²) in [6.07, 6.45) is 2.98. The lowest BCUT2D eigenvalue weighted by Crippen LogP contribution is -2.28. The number of aromatic nitrogens is 3. The summed E-state index contributed by atoms with van der Waals surface area (Å²) in [6, 6.07) is 10.9. The molecule has 0 aliphatic heterocycles. The lowest BCUT2D eigenvalue weighted by molar-refractivity contribution is 0.0553. The summed E-state index contributed by atoms with van der Waals surface area (Å²) in [4.78, 5) is 4.30. The standard InChI is InChI=1S/C19H15F2N3O2S/c20-11-19(26,17-9-22-18(10-25)27-17)13-1-6-16-12(7-13)8-23-24(16)15-4-2-14(21)3-5-15/h1-9,25-26H,10-11H2. The first-order valence-corrected chi connectivity index (χ1v) is 8.95. The monoisotopic (exact) mass is 387 g/mol. The third kappa shape index (κ3) is 3.01. The van der Waals surface area contributed by atoms with Gasteiger partial charge in [0.1, 0.15) is 17.5 Å². The van der Waals surface area contributed by atoms with Crippen molar-refractivity contribution in [2.75, 3.05) is 6.67 Å². The number of rotatable bonds is 5. The number of nitrogens with zero attached hydrogens (tertiary/aromatic N) is 3. The maximum atomic E-state index is 13.8. The van der Waals surface area contributed by atoms with Crippen LogP contribution in [0.3, 0.4) is 0 Å². The Kier molecular flexibility index (Phi) is 4.47. The molecule has 2 aromatic carbocycles. The molecular weight excluding hydrogens is 372 g/mol. The summed E-state index contributed by atoms with van der Waals surface area (Å²) in [6.45, 7) is -1.30. The van der Waals surface area contributed by atoms with Gasteiger partial charge in [0.2, 0.25) is 0 Å². The third-order valence-corrected chi connectivity index (χ3v) is 5.54. The smallest absolute Gasteiger partial charge is 0.153 e. The van der Waals surface area contributed by atoms with Crippen LogP contribution >= 0.6 is 11.3 Å². The molecular formula is C19H15F2N3O2S. The van der Waals surface area contributed by atoms with Gasteiger partial charge in [-0.2, -0.15) is 5.10 Å². The second-order valence-corrected chi connectivity index (χ2v) is 7.19. The Hall–Kier alpha value is -2.68. The summed E-state index contributed by atoms with van der Waals surface area (Å²) in [5.74, 6) is -0.336. The Balaban J connectivity index is 1.78. The van der Waals surface area contributed by atoms with E-state index in [-0.39, 0.29) is 12.4 Å². The highest BCUT2D eigenvalue weighted by Gasteiger charge is 2.34. The van der Waals surface area contributed by atoms with Crippen molar-refractivity contribution < 1.29 is 19.0 Å². The van der Waals surface area contributed by atoms with E-state index in [4.69, 9.17) is 5.11 Å². The van der Waals surface area contributed by atoms with Crippen LogP contribution in [0.2, 0.25) is 0 Å². The van der Waals surface area contributed by atoms with Gasteiger partial charge in [-0.05, 0) is 42.0 Å². The Morgan fingerprint density at radius 2 is 1.89 bits per heavy atom. The highest BCUT2D eigenvalue weighted by molar-refractivity contribution is 7.11. The molecule has 2 heterocycles. The molecule has 5 nitrogen and oxygen atoms in total. The van der Waals surface area contributed by atoms with Crippen molar-refractivity contribution in [3.8, 4) is 5.69 Å². The second kappa shape index (κ2) is 6.80. The number of alkyl halides is 1. The van der Waals surface area contributed by atoms with Crippen LogP contribution in [-0.2, 0) is 12.2 Å². The van der Waals surface area contributed by atoms with Gasteiger partial charge in [-0.1, -0.05) is 6.07 Å². The van der Waals surface area contributed by atoms with Gasteiger partial charge in [-0.15, -0.1) is 11.3 Å². The molecule has 1 atom stereocenters. The average molecular weight is 387 g/mol. The predicted octanol–water partition coefficient (Wildman–Crippen LogP) is 3.32. The number of fused-ring (bicyclic) bond motifs is 1. The molecule has 2 N–H and O–H groups in total. The van der Waals surface area contributed by atoms with E-state index in [9.17, 15) is 13.9 Å². The van der Waals surface area contributed by atoms with Crippen LogP contribution in [0, 0.1) is 5.82 Å². The molecule has 0 radical (unpaired) electrons. The quantitative estimate of drug-likeness (QED) is 0.551. The number of hydrogen-bond donors (Lipinski definition) is 2. The van der Waals surface area contributed by atoms with Crippen molar-refractivity contribution in [2.24, 2.45) is 0 Å². The van der Waals surface area contributed by atoms with Crippen molar-refractivity contribution in [2.45, 2.75) is 12.2 Å². The Bertz CT molecular complexity index is 1090. The topological polar surface area (TPSA) is 71.2 Å². The van der Waals surface area contributed by atoms with E-state index in [0.717, 1.165) is 16.9 Å². The van der Waals surface area contributed by atoms with E-state index in [1.807, 2.05) is 0 Å². The SMILES string of the molecule is OCc1ncc(C(O)(CF)c2ccc3c(cnn3-c3ccc(F)cc3)c2)s1. The molecule has 2 aromatic heterocycles. The fourth-order valence-electron chi connectivity index (χ4n) is 2.94. The average Bonchev–Trinajstić information content (AvgIpc) is 3.35. The summed E-state index contributed by atoms with van der Waals surface area (Å²) < 4.78 is 28.6. The van der Waals surface area contributed by atoms with Crippen LogP contribution in [0.5, 0.6) is 0 Å². The van der Waals surface area contributed by atoms with Crippen LogP contribution in [0.25, 0.3) is 16.6 Å². The maximum Gasteiger partial charge on any atom is 0.153 e. The molecule has 0 saturated heterocycles. The first kappa shape index (κ1) is 17.7. The molecule has 0 spiro atoms. The van der Waals surface area contributed by atoms with Gasteiger partial charge >= 0.3 is 0 Å². The molecule has 1 unspecified atom stereocenters. The van der Waals surface area contributed by atoms with Crippen molar-refractivity contribution in [3.63, 3.8) is 0 Å². The number of halogens is 2. The van der Waals surface area contributed by atoms with Gasteiger partial charge in [0.05, 0.1) is 28.9 Å². The van der Waals surface area contributed by atoms with E-state index < -0.39 is 12.3 Å². The summed E-state index contributed by atoms with van der Waals surface area (Å²) in [5, 5.41) is 25.5. The fourth-order valence-corrected chi connectivity index (χ4v) is 3.81. The molecule has 0 fully saturated rings. The molecule has 0 aliphatic carbocycles. The number of hydrogen-bond acceptors (Lipinski definition) is 5. The summed E-state index contributed by atoms with van der Waals surface area (Å²) >= 11 is 1.06. The normalized spacial score (nSPS) is 13.8. The van der Waals surface area contributed by atoms with Gasteiger partial charge in [0.25, 0.3) is 0 Å². The van der Waals surface area contributed by atoms with E-state index in [1.165, 1.54) is 18.3 Å². The Morgan fingerprint density at radius 1 is 1.11 bits per heavy atom. The highest BCUT2D eigenvalue weighted by Crippen LogP contribution is 2.35. The van der Waals surface area contributed by atoms with Crippen molar-refractivity contribution in [3.05, 3.63) is 76.1 Å². The van der Waals surface area contributed by atoms with E-state index in [0.29, 0.717) is 26.5 Å². The molecule has 4 rings (SSSR count). The third-order valence-electron chi connectivity index (χ3n) is 4.41. The first-order chi connectivity index (χ1) is 13.0. The van der Waals surface area contributed by atoms with Crippen LogP contribution in [0.4, 0.5) is 8.78 Å². The second-order valence-electron chi connectivity index (χ2n) is 6.08. The zero-order valence-corrected chi connectivity index (χ0v) is 14.8. The Morgan fingerprint density at radius 3 is 2.56 bits per heavy atom. The van der Waals surface area contributed by atoms with Crippen molar-refractivity contribution in [1.29, 1.82) is 0 Å². The van der Waals surface area contributed by atoms with Gasteiger partial charge < -0.3 is 10.2 Å². The van der Waals surface area contributed by atoms with Crippen LogP contribution in [0.15, 0.2) is 54.9 Å². The first-order valence-electron chi connectivity index (χ1n) is 8.14. The highest BCUT2D eigenvalue weighted by atomic mass is 32.1. The lowest BCUT2D eigenvalue weighted by atomic mass is 9.93. The van der Waals surface area contributed by atoms with Crippen LogP contribution < -0.4 is 0 Å². The molecule has 4 aromatic rings. The van der Waals surface area contributed by atoms with Crippen molar-refractivity contribution >= 4 is 22.2 Å². The van der Waals surface area contributed by atoms with Gasteiger partial charge in [0, 0.05) is 11.6 Å². The molecule has 27 heavy (non-hydrogen) atoms. The number of thiazole rings is 1. The van der Waals surface area contributed by atoms with Crippen LogP contribution in [-0.4, -0.2) is 31.7 Å². The van der Waals surface area contributed by atoms with Gasteiger partial charge in [0.15, 0.2) is 5.60 Å². The molecule has 8 heteroatoms. The molecule has 138 valence electrons. The molecule has 0 saturated carbocycles. The minimum absolute atomic E-state index is 0.267. The summed E-state index contributed by atoms with van der Waals surface area (Å²) in [7, 11) is 0. The van der Waals surface area contributed by atoms with E-state index in [1.54, 1.807) is 41.2 Å². The minimum Gasteiger partial charge on any atom is -0.389 e. The largest absolute Gasteiger partial charge is 0.389 e. The van der Waals surface area contributed by atoms with Gasteiger partial charge in [-0.25, -0.2) is 18.4 Å². The number of aliphatic hydroxyl groups is 2. The Labute approximate surface area is 157 Å². The minimum atomic E-state index is -1.85. The summed E-state index contributed by atoms with van der Waals surface area (Å²) in [5.41, 5.74) is -0.0526. The number of benzene rings is 2. The fraction of sp³-hybridized carbons (Fsp3) is 0.158. The zero-order valence-electron chi connectivity index (χ0n) is 14.0. The van der Waals surface area contributed by atoms with Crippen molar-refractivity contribution in [1.82, 2.24) is 14.8 Å². The lowest BCUT2D eigenvalue weighted by Gasteiger charge is -2.23. The zero-order chi connectivity index (χ0) is 19.0. The molecule has 0 amide bonds. The molecule has 0 aliphatic rings. The predicted molar refractivity (Wildman–Crippen MR) is 98.0 cm³/mol.